The van der Waals surface area contributed by atoms with Crippen LogP contribution in [0.15, 0.2) is 24.3 Å². The van der Waals surface area contributed by atoms with E-state index >= 15 is 0 Å². The molecule has 96 valence electrons. The molecule has 0 aromatic heterocycles. The van der Waals surface area contributed by atoms with Crippen molar-refractivity contribution in [3.05, 3.63) is 35.4 Å². The van der Waals surface area contributed by atoms with Crippen LogP contribution in [0.2, 0.25) is 0 Å². The van der Waals surface area contributed by atoms with Gasteiger partial charge in [-0.25, -0.2) is 0 Å². The summed E-state index contributed by atoms with van der Waals surface area (Å²) >= 11 is 0. The van der Waals surface area contributed by atoms with Crippen molar-refractivity contribution < 1.29 is 9.59 Å². The molecule has 1 amide bonds. The third-order valence-electron chi connectivity index (χ3n) is 3.35. The Morgan fingerprint density at radius 3 is 2.67 bits per heavy atom. The number of carbonyl (C=O) groups is 2. The number of likely N-dealkylation sites (tertiary alicyclic amines) is 1. The lowest BCUT2D eigenvalue weighted by Crippen LogP contribution is -2.40. The third-order valence-corrected chi connectivity index (χ3v) is 3.35. The summed E-state index contributed by atoms with van der Waals surface area (Å²) < 4.78 is 0. The van der Waals surface area contributed by atoms with Gasteiger partial charge in [-0.05, 0) is 25.3 Å². The number of ketones is 1. The molecule has 0 spiro atoms. The fraction of sp³-hybridized carbons (Fsp3) is 0.467. The Morgan fingerprint density at radius 2 is 2.00 bits per heavy atom. The van der Waals surface area contributed by atoms with Gasteiger partial charge < -0.3 is 4.90 Å². The summed E-state index contributed by atoms with van der Waals surface area (Å²) in [4.78, 5) is 24.9. The van der Waals surface area contributed by atoms with E-state index in [-0.39, 0.29) is 11.7 Å². The molecule has 0 unspecified atom stereocenters. The van der Waals surface area contributed by atoms with E-state index in [1.165, 1.54) is 11.1 Å². The van der Waals surface area contributed by atoms with Gasteiger partial charge in [-0.15, -0.1) is 0 Å². The van der Waals surface area contributed by atoms with Crippen LogP contribution in [-0.4, -0.2) is 29.7 Å². The monoisotopic (exact) mass is 245 g/mol. The number of hydrogen-bond acceptors (Lipinski definition) is 2. The van der Waals surface area contributed by atoms with Gasteiger partial charge in [0, 0.05) is 19.4 Å². The molecule has 0 N–H and O–H groups in total. The van der Waals surface area contributed by atoms with Gasteiger partial charge in [0.05, 0.1) is 6.54 Å². The minimum atomic E-state index is 0.101. The van der Waals surface area contributed by atoms with Crippen LogP contribution in [-0.2, 0) is 16.0 Å². The summed E-state index contributed by atoms with van der Waals surface area (Å²) in [5.41, 5.74) is 2.41. The van der Waals surface area contributed by atoms with Crippen LogP contribution >= 0.6 is 0 Å². The molecular formula is C15H19NO2. The average molecular weight is 245 g/mol. The molecule has 2 rings (SSSR count). The van der Waals surface area contributed by atoms with Crippen molar-refractivity contribution in [2.45, 2.75) is 32.6 Å². The van der Waals surface area contributed by atoms with Crippen LogP contribution in [0.5, 0.6) is 0 Å². The Bertz CT molecular complexity index is 436. The number of rotatable bonds is 3. The highest BCUT2D eigenvalue weighted by atomic mass is 16.2. The van der Waals surface area contributed by atoms with Crippen LogP contribution in [0, 0.1) is 6.92 Å². The van der Waals surface area contributed by atoms with Crippen LogP contribution in [0.25, 0.3) is 0 Å². The molecule has 18 heavy (non-hydrogen) atoms. The van der Waals surface area contributed by atoms with E-state index in [9.17, 15) is 9.59 Å². The SMILES string of the molecule is Cc1ccc(CCC(=O)N2CCCC(=O)C2)cc1. The molecule has 1 saturated heterocycles. The van der Waals surface area contributed by atoms with Crippen molar-refractivity contribution in [2.75, 3.05) is 13.1 Å². The van der Waals surface area contributed by atoms with Crippen LogP contribution in [0.1, 0.15) is 30.4 Å². The highest BCUT2D eigenvalue weighted by Gasteiger charge is 2.20. The van der Waals surface area contributed by atoms with Gasteiger partial charge >= 0.3 is 0 Å². The topological polar surface area (TPSA) is 37.4 Å². The summed E-state index contributed by atoms with van der Waals surface area (Å²) in [7, 11) is 0. The second-order valence-electron chi connectivity index (χ2n) is 4.94. The van der Waals surface area contributed by atoms with Gasteiger partial charge in [0.1, 0.15) is 0 Å². The first-order valence-corrected chi connectivity index (χ1v) is 6.50. The number of carbonyl (C=O) groups excluding carboxylic acids is 2. The van der Waals surface area contributed by atoms with Crippen LogP contribution in [0.4, 0.5) is 0 Å². The molecule has 0 saturated carbocycles. The van der Waals surface area contributed by atoms with Gasteiger partial charge in [0.2, 0.25) is 5.91 Å². The van der Waals surface area contributed by atoms with Gasteiger partial charge in [0.25, 0.3) is 0 Å². The van der Waals surface area contributed by atoms with Crippen molar-refractivity contribution in [1.29, 1.82) is 0 Å². The predicted molar refractivity (Wildman–Crippen MR) is 70.3 cm³/mol. The Balaban J connectivity index is 1.84. The zero-order valence-electron chi connectivity index (χ0n) is 10.8. The highest BCUT2D eigenvalue weighted by Crippen LogP contribution is 2.10. The van der Waals surface area contributed by atoms with E-state index in [1.807, 2.05) is 6.92 Å². The maximum absolute atomic E-state index is 12.0. The number of nitrogens with zero attached hydrogens (tertiary/aromatic N) is 1. The summed E-state index contributed by atoms with van der Waals surface area (Å²) in [6, 6.07) is 8.24. The molecule has 1 aromatic rings. The number of benzene rings is 1. The van der Waals surface area contributed by atoms with Crippen molar-refractivity contribution >= 4 is 11.7 Å². The molecule has 0 bridgehead atoms. The fourth-order valence-corrected chi connectivity index (χ4v) is 2.22. The van der Waals surface area contributed by atoms with Gasteiger partial charge in [-0.3, -0.25) is 9.59 Å². The Morgan fingerprint density at radius 1 is 1.28 bits per heavy atom. The number of aryl methyl sites for hydroxylation is 2. The molecule has 1 fully saturated rings. The molecule has 1 aliphatic heterocycles. The molecule has 0 radical (unpaired) electrons. The zero-order chi connectivity index (χ0) is 13.0. The maximum Gasteiger partial charge on any atom is 0.223 e. The second kappa shape index (κ2) is 5.80. The number of hydrogen-bond donors (Lipinski definition) is 0. The normalized spacial score (nSPS) is 15.8. The largest absolute Gasteiger partial charge is 0.335 e. The van der Waals surface area contributed by atoms with E-state index in [0.717, 1.165) is 19.4 Å². The molecule has 0 aliphatic carbocycles. The lowest BCUT2D eigenvalue weighted by atomic mass is 10.1. The Kier molecular flexibility index (Phi) is 4.13. The van der Waals surface area contributed by atoms with Gasteiger partial charge in [-0.1, -0.05) is 29.8 Å². The van der Waals surface area contributed by atoms with Crippen molar-refractivity contribution in [3.63, 3.8) is 0 Å². The van der Waals surface area contributed by atoms with E-state index < -0.39 is 0 Å². The molecule has 1 heterocycles. The highest BCUT2D eigenvalue weighted by molar-refractivity contribution is 5.87. The first-order valence-electron chi connectivity index (χ1n) is 6.50. The molecule has 1 aliphatic rings. The quantitative estimate of drug-likeness (QED) is 0.818. The van der Waals surface area contributed by atoms with Crippen molar-refractivity contribution in [3.8, 4) is 0 Å². The molecule has 3 heteroatoms. The zero-order valence-corrected chi connectivity index (χ0v) is 10.8. The average Bonchev–Trinajstić information content (AvgIpc) is 2.38. The molecular weight excluding hydrogens is 226 g/mol. The van der Waals surface area contributed by atoms with Crippen molar-refractivity contribution in [1.82, 2.24) is 4.90 Å². The first kappa shape index (κ1) is 12.8. The van der Waals surface area contributed by atoms with Gasteiger partial charge in [0.15, 0.2) is 5.78 Å². The van der Waals surface area contributed by atoms with Crippen LogP contribution < -0.4 is 0 Å². The minimum absolute atomic E-state index is 0.101. The molecule has 3 nitrogen and oxygen atoms in total. The maximum atomic E-state index is 12.0. The molecule has 0 atom stereocenters. The number of piperidine rings is 1. The minimum Gasteiger partial charge on any atom is -0.335 e. The number of amides is 1. The van der Waals surface area contributed by atoms with Crippen LogP contribution in [0.3, 0.4) is 0 Å². The lowest BCUT2D eigenvalue weighted by molar-refractivity contribution is -0.137. The van der Waals surface area contributed by atoms with E-state index in [1.54, 1.807) is 4.90 Å². The lowest BCUT2D eigenvalue weighted by Gasteiger charge is -2.25. The second-order valence-corrected chi connectivity index (χ2v) is 4.94. The van der Waals surface area contributed by atoms with Crippen molar-refractivity contribution in [2.24, 2.45) is 0 Å². The van der Waals surface area contributed by atoms with E-state index in [0.29, 0.717) is 19.4 Å². The number of Topliss-reactive ketones (excluding diaryl/α,β-unsaturated/α-hetero) is 1. The summed E-state index contributed by atoms with van der Waals surface area (Å²) in [5, 5.41) is 0. The Labute approximate surface area is 108 Å². The Hall–Kier alpha value is -1.64. The summed E-state index contributed by atoms with van der Waals surface area (Å²) in [6.07, 6.45) is 2.69. The summed E-state index contributed by atoms with van der Waals surface area (Å²) in [6.45, 7) is 3.10. The standard InChI is InChI=1S/C15H19NO2/c1-12-4-6-13(7-5-12)8-9-15(18)16-10-2-3-14(17)11-16/h4-7H,2-3,8-11H2,1H3. The molecule has 1 aromatic carbocycles. The first-order chi connectivity index (χ1) is 8.65. The fourth-order valence-electron chi connectivity index (χ4n) is 2.22. The van der Waals surface area contributed by atoms with E-state index in [2.05, 4.69) is 24.3 Å². The van der Waals surface area contributed by atoms with E-state index in [4.69, 9.17) is 0 Å². The predicted octanol–water partition coefficient (Wildman–Crippen LogP) is 2.12. The van der Waals surface area contributed by atoms with Gasteiger partial charge in [-0.2, -0.15) is 0 Å². The summed E-state index contributed by atoms with van der Waals surface area (Å²) in [5.74, 6) is 0.286. The smallest absolute Gasteiger partial charge is 0.223 e. The third kappa shape index (κ3) is 3.42.